The van der Waals surface area contributed by atoms with Gasteiger partial charge in [0.15, 0.2) is 5.75 Å². The Morgan fingerprint density at radius 3 is 2.81 bits per heavy atom. The number of hydrogen-bond donors (Lipinski definition) is 0. The molecule has 3 aromatic rings. The number of nitriles is 1. The van der Waals surface area contributed by atoms with Crippen molar-refractivity contribution in [3.8, 4) is 17.6 Å². The molecule has 0 N–H and O–H groups in total. The van der Waals surface area contributed by atoms with Crippen molar-refractivity contribution in [2.45, 2.75) is 6.92 Å². The van der Waals surface area contributed by atoms with Gasteiger partial charge >= 0.3 is 0 Å². The Balaban J connectivity index is 2.16. The molecule has 0 aliphatic rings. The fourth-order valence-corrected chi connectivity index (χ4v) is 2.40. The Labute approximate surface area is 127 Å². The number of fused-ring (bicyclic) bond motifs is 1. The van der Waals surface area contributed by atoms with Gasteiger partial charge in [0.05, 0.1) is 10.6 Å². The van der Waals surface area contributed by atoms with Crippen LogP contribution < -0.4 is 4.74 Å². The molecule has 3 nitrogen and oxygen atoms in total. The molecule has 0 fully saturated rings. The predicted molar refractivity (Wildman–Crippen MR) is 82.7 cm³/mol. The standard InChI is InChI=1S/C17H11ClN2O/c1-11-4-2-5-12(10-19)17(11)21-15-8-7-14(18)13-6-3-9-20-16(13)15/h2-9H,1H3. The van der Waals surface area contributed by atoms with Crippen molar-refractivity contribution < 1.29 is 4.74 Å². The van der Waals surface area contributed by atoms with Crippen LogP contribution >= 0.6 is 11.6 Å². The minimum atomic E-state index is 0.494. The Morgan fingerprint density at radius 2 is 2.00 bits per heavy atom. The molecule has 0 saturated heterocycles. The van der Waals surface area contributed by atoms with Gasteiger partial charge in [-0.25, -0.2) is 0 Å². The number of aromatic nitrogens is 1. The van der Waals surface area contributed by atoms with Crippen molar-refractivity contribution in [1.82, 2.24) is 4.98 Å². The third-order valence-electron chi connectivity index (χ3n) is 3.22. The fraction of sp³-hybridized carbons (Fsp3) is 0.0588. The second-order valence-corrected chi connectivity index (χ2v) is 5.02. The molecule has 0 spiro atoms. The Bertz CT molecular complexity index is 868. The van der Waals surface area contributed by atoms with Gasteiger partial charge in [-0.15, -0.1) is 0 Å². The SMILES string of the molecule is Cc1cccc(C#N)c1Oc1ccc(Cl)c2cccnc12. The lowest BCUT2D eigenvalue weighted by Crippen LogP contribution is -1.93. The summed E-state index contributed by atoms with van der Waals surface area (Å²) in [5, 5.41) is 10.7. The van der Waals surface area contributed by atoms with Crippen LogP contribution in [0.5, 0.6) is 11.5 Å². The maximum absolute atomic E-state index is 9.21. The molecule has 3 rings (SSSR count). The van der Waals surface area contributed by atoms with Gasteiger partial charge in [-0.1, -0.05) is 23.7 Å². The summed E-state index contributed by atoms with van der Waals surface area (Å²) in [5.41, 5.74) is 2.07. The highest BCUT2D eigenvalue weighted by molar-refractivity contribution is 6.35. The van der Waals surface area contributed by atoms with Gasteiger partial charge in [0.25, 0.3) is 0 Å². The molecule has 4 heteroatoms. The van der Waals surface area contributed by atoms with Crippen molar-refractivity contribution in [2.24, 2.45) is 0 Å². The molecule has 0 radical (unpaired) electrons. The smallest absolute Gasteiger partial charge is 0.153 e. The third kappa shape index (κ3) is 2.42. The summed E-state index contributed by atoms with van der Waals surface area (Å²) >= 11 is 6.17. The zero-order valence-corrected chi connectivity index (χ0v) is 12.1. The molecule has 21 heavy (non-hydrogen) atoms. The van der Waals surface area contributed by atoms with E-state index in [1.165, 1.54) is 0 Å². The number of pyridine rings is 1. The number of benzene rings is 2. The van der Waals surface area contributed by atoms with Crippen LogP contribution in [0.2, 0.25) is 5.02 Å². The molecule has 0 bridgehead atoms. The number of ether oxygens (including phenoxy) is 1. The first-order chi connectivity index (χ1) is 10.2. The van der Waals surface area contributed by atoms with Crippen LogP contribution in [-0.4, -0.2) is 4.98 Å². The Kier molecular flexibility index (Phi) is 3.47. The molecule has 0 aliphatic carbocycles. The van der Waals surface area contributed by atoms with Crippen LogP contribution in [0.3, 0.4) is 0 Å². The number of rotatable bonds is 2. The van der Waals surface area contributed by atoms with Crippen molar-refractivity contribution in [2.75, 3.05) is 0 Å². The molecule has 0 saturated carbocycles. The average molecular weight is 295 g/mol. The van der Waals surface area contributed by atoms with Crippen molar-refractivity contribution in [3.63, 3.8) is 0 Å². The minimum absolute atomic E-state index is 0.494. The van der Waals surface area contributed by atoms with E-state index in [-0.39, 0.29) is 0 Å². The molecular weight excluding hydrogens is 284 g/mol. The number of nitrogens with zero attached hydrogens (tertiary/aromatic N) is 2. The largest absolute Gasteiger partial charge is 0.453 e. The van der Waals surface area contributed by atoms with Gasteiger partial charge in [-0.05, 0) is 42.8 Å². The van der Waals surface area contributed by atoms with E-state index < -0.39 is 0 Å². The van der Waals surface area contributed by atoms with E-state index in [0.29, 0.717) is 27.6 Å². The summed E-state index contributed by atoms with van der Waals surface area (Å²) in [5.74, 6) is 1.13. The Hall–Kier alpha value is -2.57. The van der Waals surface area contributed by atoms with Crippen molar-refractivity contribution >= 4 is 22.5 Å². The zero-order chi connectivity index (χ0) is 14.8. The predicted octanol–water partition coefficient (Wildman–Crippen LogP) is 4.86. The van der Waals surface area contributed by atoms with E-state index in [2.05, 4.69) is 11.1 Å². The van der Waals surface area contributed by atoms with Gasteiger partial charge in [0, 0.05) is 11.6 Å². The second kappa shape index (κ2) is 5.43. The quantitative estimate of drug-likeness (QED) is 0.678. The summed E-state index contributed by atoms with van der Waals surface area (Å²) in [6.45, 7) is 1.90. The van der Waals surface area contributed by atoms with E-state index in [1.807, 2.05) is 31.2 Å². The number of aryl methyl sites for hydroxylation is 1. The van der Waals surface area contributed by atoms with E-state index >= 15 is 0 Å². The first-order valence-corrected chi connectivity index (χ1v) is 6.79. The lowest BCUT2D eigenvalue weighted by Gasteiger charge is -2.12. The maximum Gasteiger partial charge on any atom is 0.153 e. The van der Waals surface area contributed by atoms with E-state index in [9.17, 15) is 5.26 Å². The van der Waals surface area contributed by atoms with Gasteiger partial charge < -0.3 is 4.74 Å². The zero-order valence-electron chi connectivity index (χ0n) is 11.3. The van der Waals surface area contributed by atoms with Crippen LogP contribution in [0.25, 0.3) is 10.9 Å². The van der Waals surface area contributed by atoms with E-state index in [1.54, 1.807) is 24.4 Å². The minimum Gasteiger partial charge on any atom is -0.453 e. The summed E-state index contributed by atoms with van der Waals surface area (Å²) < 4.78 is 5.96. The van der Waals surface area contributed by atoms with Gasteiger partial charge in [0.1, 0.15) is 17.3 Å². The normalized spacial score (nSPS) is 10.3. The van der Waals surface area contributed by atoms with E-state index in [4.69, 9.17) is 16.3 Å². The monoisotopic (exact) mass is 294 g/mol. The number of halogens is 1. The highest BCUT2D eigenvalue weighted by Gasteiger charge is 2.12. The summed E-state index contributed by atoms with van der Waals surface area (Å²) in [4.78, 5) is 4.33. The molecular formula is C17H11ClN2O. The molecule has 1 aromatic heterocycles. The topological polar surface area (TPSA) is 45.9 Å². The molecule has 0 amide bonds. The number of para-hydroxylation sites is 1. The summed E-state index contributed by atoms with van der Waals surface area (Å²) in [7, 11) is 0. The highest BCUT2D eigenvalue weighted by Crippen LogP contribution is 2.35. The highest BCUT2D eigenvalue weighted by atomic mass is 35.5. The van der Waals surface area contributed by atoms with Crippen LogP contribution in [0.1, 0.15) is 11.1 Å². The molecule has 102 valence electrons. The van der Waals surface area contributed by atoms with Crippen LogP contribution in [-0.2, 0) is 0 Å². The third-order valence-corrected chi connectivity index (χ3v) is 3.55. The lowest BCUT2D eigenvalue weighted by atomic mass is 10.1. The molecule has 0 unspecified atom stereocenters. The first kappa shape index (κ1) is 13.4. The van der Waals surface area contributed by atoms with Crippen LogP contribution in [0, 0.1) is 18.3 Å². The van der Waals surface area contributed by atoms with Crippen molar-refractivity contribution in [3.05, 3.63) is 64.8 Å². The summed E-state index contributed by atoms with van der Waals surface area (Å²) in [6, 6.07) is 14.9. The second-order valence-electron chi connectivity index (χ2n) is 4.61. The first-order valence-electron chi connectivity index (χ1n) is 6.41. The molecule has 0 aliphatic heterocycles. The fourth-order valence-electron chi connectivity index (χ4n) is 2.18. The lowest BCUT2D eigenvalue weighted by molar-refractivity contribution is 0.482. The van der Waals surface area contributed by atoms with Crippen molar-refractivity contribution in [1.29, 1.82) is 5.26 Å². The molecule has 0 atom stereocenters. The maximum atomic E-state index is 9.21. The van der Waals surface area contributed by atoms with Gasteiger partial charge in [-0.2, -0.15) is 5.26 Å². The average Bonchev–Trinajstić information content (AvgIpc) is 2.52. The number of hydrogen-bond acceptors (Lipinski definition) is 3. The summed E-state index contributed by atoms with van der Waals surface area (Å²) in [6.07, 6.45) is 1.69. The van der Waals surface area contributed by atoms with Gasteiger partial charge in [-0.3, -0.25) is 4.98 Å². The van der Waals surface area contributed by atoms with Crippen LogP contribution in [0.15, 0.2) is 48.7 Å². The van der Waals surface area contributed by atoms with Crippen LogP contribution in [0.4, 0.5) is 0 Å². The Morgan fingerprint density at radius 1 is 1.14 bits per heavy atom. The molecule has 1 heterocycles. The van der Waals surface area contributed by atoms with E-state index in [0.717, 1.165) is 10.9 Å². The van der Waals surface area contributed by atoms with Gasteiger partial charge in [0.2, 0.25) is 0 Å². The molecule has 2 aromatic carbocycles.